The second kappa shape index (κ2) is 2.74. The molecule has 2 aromatic rings. The van der Waals surface area contributed by atoms with Gasteiger partial charge in [-0.2, -0.15) is 0 Å². The van der Waals surface area contributed by atoms with Crippen LogP contribution in [0.25, 0.3) is 10.1 Å². The van der Waals surface area contributed by atoms with Crippen molar-refractivity contribution in [2.24, 2.45) is 0 Å². The van der Waals surface area contributed by atoms with Crippen LogP contribution in [0.2, 0.25) is 0 Å². The predicted octanol–water partition coefficient (Wildman–Crippen LogP) is 2.00. The number of carbonyl (C=O) groups excluding carboxylic acids is 1. The lowest BCUT2D eigenvalue weighted by Crippen LogP contribution is -1.84. The van der Waals surface area contributed by atoms with Crippen molar-refractivity contribution in [1.29, 1.82) is 0 Å². The van der Waals surface area contributed by atoms with Crippen molar-refractivity contribution in [1.82, 2.24) is 0 Å². The van der Waals surface area contributed by atoms with Crippen molar-refractivity contribution in [3.05, 3.63) is 23.1 Å². The van der Waals surface area contributed by atoms with Crippen LogP contribution in [0.4, 0.5) is 5.69 Å². The zero-order valence-corrected chi connectivity index (χ0v) is 7.47. The smallest absolute Gasteiger partial charge is 0.151 e. The first-order valence-electron chi connectivity index (χ1n) is 3.68. The highest BCUT2D eigenvalue weighted by molar-refractivity contribution is 7.18. The Balaban J connectivity index is 2.95. The van der Waals surface area contributed by atoms with E-state index >= 15 is 0 Å². The molecule has 0 aliphatic heterocycles. The van der Waals surface area contributed by atoms with Crippen LogP contribution in [-0.2, 0) is 0 Å². The van der Waals surface area contributed by atoms with E-state index in [4.69, 9.17) is 5.73 Å². The second-order valence-corrected chi connectivity index (χ2v) is 3.57. The molecule has 1 heterocycles. The van der Waals surface area contributed by atoms with E-state index in [1.807, 2.05) is 0 Å². The van der Waals surface area contributed by atoms with Crippen molar-refractivity contribution in [2.75, 3.05) is 5.73 Å². The van der Waals surface area contributed by atoms with Gasteiger partial charge >= 0.3 is 0 Å². The molecule has 66 valence electrons. The molecule has 1 aromatic heterocycles. The van der Waals surface area contributed by atoms with Gasteiger partial charge < -0.3 is 10.8 Å². The molecule has 0 spiro atoms. The molecular weight excluding hydrogens is 186 g/mol. The number of nitrogen functional groups attached to an aromatic ring is 1. The molecule has 0 amide bonds. The summed E-state index contributed by atoms with van der Waals surface area (Å²) in [6, 6.07) is 3.13. The van der Waals surface area contributed by atoms with E-state index in [9.17, 15) is 9.90 Å². The van der Waals surface area contributed by atoms with Crippen molar-refractivity contribution in [3.8, 4) is 5.75 Å². The lowest BCUT2D eigenvalue weighted by molar-refractivity contribution is 0.112. The second-order valence-electron chi connectivity index (χ2n) is 2.69. The fraction of sp³-hybridized carbons (Fsp3) is 0. The third kappa shape index (κ3) is 1.07. The Labute approximate surface area is 78.4 Å². The number of phenolic OH excluding ortho intramolecular Hbond substituents is 1. The number of thiophene rings is 1. The quantitative estimate of drug-likeness (QED) is 0.413. The van der Waals surface area contributed by atoms with E-state index in [1.54, 1.807) is 11.4 Å². The monoisotopic (exact) mass is 193 g/mol. The summed E-state index contributed by atoms with van der Waals surface area (Å²) in [5, 5.41) is 11.7. The number of hydrogen-bond donors (Lipinski definition) is 2. The molecule has 0 fully saturated rings. The molecule has 0 atom stereocenters. The molecule has 1 aromatic carbocycles. The summed E-state index contributed by atoms with van der Waals surface area (Å²) in [6.07, 6.45) is 0.720. The number of anilines is 1. The average molecular weight is 193 g/mol. The number of hydrogen-bond acceptors (Lipinski definition) is 4. The zero-order valence-electron chi connectivity index (χ0n) is 6.65. The minimum absolute atomic E-state index is 0.104. The molecule has 13 heavy (non-hydrogen) atoms. The Kier molecular flexibility index (Phi) is 1.70. The van der Waals surface area contributed by atoms with Gasteiger partial charge in [0, 0.05) is 22.0 Å². The maximum Gasteiger partial charge on any atom is 0.151 e. The normalized spacial score (nSPS) is 10.5. The molecule has 4 heteroatoms. The van der Waals surface area contributed by atoms with E-state index < -0.39 is 0 Å². The number of carbonyl (C=O) groups is 1. The third-order valence-electron chi connectivity index (χ3n) is 1.89. The lowest BCUT2D eigenvalue weighted by Gasteiger charge is -1.98. The SMILES string of the molecule is Nc1ccc(O)c2c(C=O)csc12. The van der Waals surface area contributed by atoms with Crippen LogP contribution in [-0.4, -0.2) is 11.4 Å². The standard InChI is InChI=1S/C9H7NO2S/c10-6-1-2-7(12)8-5(3-11)4-13-9(6)8/h1-4,12H,10H2. The van der Waals surface area contributed by atoms with Crippen LogP contribution in [0.5, 0.6) is 5.75 Å². The van der Waals surface area contributed by atoms with Gasteiger partial charge in [0.2, 0.25) is 0 Å². The summed E-state index contributed by atoms with van der Waals surface area (Å²) in [4.78, 5) is 10.6. The highest BCUT2D eigenvalue weighted by atomic mass is 32.1. The molecule has 2 rings (SSSR count). The molecule has 0 unspecified atom stereocenters. The van der Waals surface area contributed by atoms with Gasteiger partial charge in [0.1, 0.15) is 5.75 Å². The van der Waals surface area contributed by atoms with Gasteiger partial charge in [0.15, 0.2) is 6.29 Å². The first-order valence-corrected chi connectivity index (χ1v) is 4.56. The number of rotatable bonds is 1. The topological polar surface area (TPSA) is 63.3 Å². The van der Waals surface area contributed by atoms with Gasteiger partial charge in [0.05, 0.1) is 4.70 Å². The number of aromatic hydroxyl groups is 1. The van der Waals surface area contributed by atoms with E-state index in [1.165, 1.54) is 17.4 Å². The Hall–Kier alpha value is -1.55. The highest BCUT2D eigenvalue weighted by Gasteiger charge is 2.09. The molecule has 3 nitrogen and oxygen atoms in total. The zero-order chi connectivity index (χ0) is 9.42. The van der Waals surface area contributed by atoms with E-state index in [-0.39, 0.29) is 5.75 Å². The molecular formula is C9H7NO2S. The minimum Gasteiger partial charge on any atom is -0.507 e. The summed E-state index contributed by atoms with van der Waals surface area (Å²) in [7, 11) is 0. The van der Waals surface area contributed by atoms with Gasteiger partial charge in [-0.05, 0) is 12.1 Å². The lowest BCUT2D eigenvalue weighted by atomic mass is 10.1. The van der Waals surface area contributed by atoms with E-state index in [0.717, 1.165) is 11.0 Å². The Bertz CT molecular complexity index is 476. The van der Waals surface area contributed by atoms with Crippen LogP contribution in [0.1, 0.15) is 10.4 Å². The van der Waals surface area contributed by atoms with Crippen molar-refractivity contribution in [3.63, 3.8) is 0 Å². The molecule has 0 bridgehead atoms. The number of benzene rings is 1. The van der Waals surface area contributed by atoms with Gasteiger partial charge in [-0.1, -0.05) is 0 Å². The Morgan fingerprint density at radius 1 is 1.46 bits per heavy atom. The molecule has 0 saturated heterocycles. The van der Waals surface area contributed by atoms with Gasteiger partial charge in [-0.3, -0.25) is 4.79 Å². The first kappa shape index (κ1) is 8.07. The van der Waals surface area contributed by atoms with Crippen molar-refractivity contribution >= 4 is 33.4 Å². The predicted molar refractivity (Wildman–Crippen MR) is 53.3 cm³/mol. The van der Waals surface area contributed by atoms with Gasteiger partial charge in [-0.15, -0.1) is 11.3 Å². The summed E-state index contributed by atoms with van der Waals surface area (Å²) >= 11 is 1.36. The molecule has 0 radical (unpaired) electrons. The Morgan fingerprint density at radius 2 is 2.23 bits per heavy atom. The van der Waals surface area contributed by atoms with Crippen molar-refractivity contribution < 1.29 is 9.90 Å². The van der Waals surface area contributed by atoms with Crippen LogP contribution >= 0.6 is 11.3 Å². The van der Waals surface area contributed by atoms with E-state index in [2.05, 4.69) is 0 Å². The van der Waals surface area contributed by atoms with Crippen LogP contribution < -0.4 is 5.73 Å². The maximum absolute atomic E-state index is 10.6. The fourth-order valence-corrected chi connectivity index (χ4v) is 2.22. The Morgan fingerprint density at radius 3 is 2.92 bits per heavy atom. The largest absolute Gasteiger partial charge is 0.507 e. The molecule has 0 saturated carbocycles. The van der Waals surface area contributed by atoms with Crippen LogP contribution in [0, 0.1) is 0 Å². The number of phenols is 1. The van der Waals surface area contributed by atoms with Crippen LogP contribution in [0.15, 0.2) is 17.5 Å². The van der Waals surface area contributed by atoms with E-state index in [0.29, 0.717) is 16.6 Å². The fourth-order valence-electron chi connectivity index (χ4n) is 1.26. The maximum atomic E-state index is 10.6. The molecule has 0 aliphatic carbocycles. The average Bonchev–Trinajstić information content (AvgIpc) is 2.56. The number of fused-ring (bicyclic) bond motifs is 1. The third-order valence-corrected chi connectivity index (χ3v) is 2.93. The van der Waals surface area contributed by atoms with Crippen LogP contribution in [0.3, 0.4) is 0 Å². The molecule has 3 N–H and O–H groups in total. The first-order chi connectivity index (χ1) is 6.24. The molecule has 0 aliphatic rings. The number of nitrogens with two attached hydrogens (primary N) is 1. The van der Waals surface area contributed by atoms with Gasteiger partial charge in [-0.25, -0.2) is 0 Å². The summed E-state index contributed by atoms with van der Waals surface area (Å²) in [5.74, 6) is 0.104. The summed E-state index contributed by atoms with van der Waals surface area (Å²) in [5.41, 5.74) is 6.76. The minimum atomic E-state index is 0.104. The highest BCUT2D eigenvalue weighted by Crippen LogP contribution is 2.35. The van der Waals surface area contributed by atoms with Gasteiger partial charge in [0.25, 0.3) is 0 Å². The van der Waals surface area contributed by atoms with Crippen molar-refractivity contribution in [2.45, 2.75) is 0 Å². The number of aldehydes is 1. The summed E-state index contributed by atoms with van der Waals surface area (Å²) < 4.78 is 0.766. The summed E-state index contributed by atoms with van der Waals surface area (Å²) in [6.45, 7) is 0.